The molecule has 0 radical (unpaired) electrons. The van der Waals surface area contributed by atoms with Crippen LogP contribution in [-0.2, 0) is 11.2 Å². The van der Waals surface area contributed by atoms with E-state index in [4.69, 9.17) is 5.11 Å². The largest absolute Gasteiger partial charge is 0.481 e. The van der Waals surface area contributed by atoms with Crippen molar-refractivity contribution in [2.24, 2.45) is 0 Å². The molecule has 3 heteroatoms. The number of carboxylic acid groups (broad SMARTS) is 1. The zero-order valence-corrected chi connectivity index (χ0v) is 12.3. The average molecular weight is 260 g/mol. The van der Waals surface area contributed by atoms with Gasteiger partial charge in [0.1, 0.15) is 8.07 Å². The molecule has 2 nitrogen and oxygen atoms in total. The standard InChI is InChI=1S/C15H20O2Si/c1-18(2,3)11-10-14-7-4-6-13(12-14)8-5-9-15(16)17/h4,6-7,12H,5,8-9H2,1-3H3,(H,16,17). The normalized spacial score (nSPS) is 10.6. The van der Waals surface area contributed by atoms with Crippen molar-refractivity contribution in [3.63, 3.8) is 0 Å². The predicted molar refractivity (Wildman–Crippen MR) is 77.2 cm³/mol. The molecule has 1 aromatic rings. The third kappa shape index (κ3) is 6.26. The summed E-state index contributed by atoms with van der Waals surface area (Å²) >= 11 is 0. The van der Waals surface area contributed by atoms with E-state index in [0.717, 1.165) is 12.0 Å². The van der Waals surface area contributed by atoms with Gasteiger partial charge in [0.25, 0.3) is 0 Å². The first-order chi connectivity index (χ1) is 8.37. The SMILES string of the molecule is C[Si](C)(C)C#Cc1cccc(CCCC(=O)O)c1. The number of benzene rings is 1. The molecule has 18 heavy (non-hydrogen) atoms. The van der Waals surface area contributed by atoms with Crippen LogP contribution in [0.4, 0.5) is 0 Å². The minimum Gasteiger partial charge on any atom is -0.481 e. The van der Waals surface area contributed by atoms with Crippen molar-refractivity contribution >= 4 is 14.0 Å². The number of carboxylic acids is 1. The van der Waals surface area contributed by atoms with E-state index in [0.29, 0.717) is 6.42 Å². The number of rotatable bonds is 4. The fourth-order valence-electron chi connectivity index (χ4n) is 1.51. The van der Waals surface area contributed by atoms with Gasteiger partial charge in [0, 0.05) is 12.0 Å². The Balaban J connectivity index is 2.67. The average Bonchev–Trinajstić information content (AvgIpc) is 2.26. The Morgan fingerprint density at radius 3 is 2.67 bits per heavy atom. The van der Waals surface area contributed by atoms with Gasteiger partial charge in [-0.15, -0.1) is 5.54 Å². The lowest BCUT2D eigenvalue weighted by atomic mass is 10.1. The molecule has 0 saturated heterocycles. The van der Waals surface area contributed by atoms with Crippen LogP contribution in [0.3, 0.4) is 0 Å². The highest BCUT2D eigenvalue weighted by Gasteiger charge is 2.07. The molecular formula is C15H20O2Si. The lowest BCUT2D eigenvalue weighted by Crippen LogP contribution is -2.16. The van der Waals surface area contributed by atoms with Crippen LogP contribution >= 0.6 is 0 Å². The first-order valence-electron chi connectivity index (χ1n) is 6.21. The Hall–Kier alpha value is -1.53. The molecule has 0 aromatic heterocycles. The maximum atomic E-state index is 10.5. The predicted octanol–water partition coefficient (Wildman–Crippen LogP) is 3.32. The maximum absolute atomic E-state index is 10.5. The van der Waals surface area contributed by atoms with Crippen molar-refractivity contribution in [1.29, 1.82) is 0 Å². The number of aliphatic carboxylic acids is 1. The third-order valence-electron chi connectivity index (χ3n) is 2.36. The van der Waals surface area contributed by atoms with Crippen molar-refractivity contribution in [2.75, 3.05) is 0 Å². The summed E-state index contributed by atoms with van der Waals surface area (Å²) in [6.45, 7) is 6.66. The smallest absolute Gasteiger partial charge is 0.303 e. The Bertz CT molecular complexity index is 475. The van der Waals surface area contributed by atoms with Crippen LogP contribution in [0.15, 0.2) is 24.3 Å². The minimum absolute atomic E-state index is 0.227. The molecule has 0 aliphatic carbocycles. The number of hydrogen-bond donors (Lipinski definition) is 1. The van der Waals surface area contributed by atoms with Gasteiger partial charge >= 0.3 is 5.97 Å². The Kier molecular flexibility index (Phi) is 5.18. The molecule has 0 amide bonds. The second kappa shape index (κ2) is 6.41. The summed E-state index contributed by atoms with van der Waals surface area (Å²) in [4.78, 5) is 10.5. The monoisotopic (exact) mass is 260 g/mol. The summed E-state index contributed by atoms with van der Waals surface area (Å²) in [5.41, 5.74) is 5.53. The molecule has 0 aliphatic rings. The summed E-state index contributed by atoms with van der Waals surface area (Å²) in [5, 5.41) is 8.60. The van der Waals surface area contributed by atoms with Crippen LogP contribution in [0.5, 0.6) is 0 Å². The van der Waals surface area contributed by atoms with Crippen LogP contribution in [0.25, 0.3) is 0 Å². The summed E-state index contributed by atoms with van der Waals surface area (Å²) < 4.78 is 0. The van der Waals surface area contributed by atoms with Gasteiger partial charge < -0.3 is 5.11 Å². The highest BCUT2D eigenvalue weighted by molar-refractivity contribution is 6.83. The number of carbonyl (C=O) groups is 1. The van der Waals surface area contributed by atoms with Gasteiger partial charge in [-0.1, -0.05) is 37.7 Å². The van der Waals surface area contributed by atoms with E-state index >= 15 is 0 Å². The zero-order valence-electron chi connectivity index (χ0n) is 11.3. The van der Waals surface area contributed by atoms with E-state index in [-0.39, 0.29) is 6.42 Å². The van der Waals surface area contributed by atoms with E-state index in [1.807, 2.05) is 18.2 Å². The highest BCUT2D eigenvalue weighted by Crippen LogP contribution is 2.08. The summed E-state index contributed by atoms with van der Waals surface area (Å²) in [7, 11) is -1.34. The van der Waals surface area contributed by atoms with E-state index in [1.165, 1.54) is 5.56 Å². The highest BCUT2D eigenvalue weighted by atomic mass is 28.3. The molecule has 1 rings (SSSR count). The molecule has 0 saturated carbocycles. The molecule has 0 bridgehead atoms. The van der Waals surface area contributed by atoms with Crippen molar-refractivity contribution in [2.45, 2.75) is 38.9 Å². The van der Waals surface area contributed by atoms with Gasteiger partial charge in [-0.3, -0.25) is 4.79 Å². The van der Waals surface area contributed by atoms with E-state index in [2.05, 4.69) is 37.2 Å². The van der Waals surface area contributed by atoms with Crippen molar-refractivity contribution in [1.82, 2.24) is 0 Å². The van der Waals surface area contributed by atoms with Crippen LogP contribution in [-0.4, -0.2) is 19.1 Å². The van der Waals surface area contributed by atoms with Gasteiger partial charge in [-0.25, -0.2) is 0 Å². The molecule has 0 unspecified atom stereocenters. The molecule has 0 heterocycles. The summed E-state index contributed by atoms with van der Waals surface area (Å²) in [6.07, 6.45) is 1.71. The lowest BCUT2D eigenvalue weighted by Gasteiger charge is -2.04. The summed E-state index contributed by atoms with van der Waals surface area (Å²) in [6, 6.07) is 8.09. The van der Waals surface area contributed by atoms with E-state index in [1.54, 1.807) is 0 Å². The third-order valence-corrected chi connectivity index (χ3v) is 3.24. The maximum Gasteiger partial charge on any atom is 0.303 e. The summed E-state index contributed by atoms with van der Waals surface area (Å²) in [5.74, 6) is 2.49. The molecule has 1 aromatic carbocycles. The van der Waals surface area contributed by atoms with Crippen molar-refractivity contribution in [3.8, 4) is 11.5 Å². The first-order valence-corrected chi connectivity index (χ1v) is 9.71. The Morgan fingerprint density at radius 2 is 2.06 bits per heavy atom. The van der Waals surface area contributed by atoms with E-state index < -0.39 is 14.0 Å². The number of hydrogen-bond acceptors (Lipinski definition) is 1. The van der Waals surface area contributed by atoms with Crippen LogP contribution in [0.2, 0.25) is 19.6 Å². The first kappa shape index (κ1) is 14.5. The fourth-order valence-corrected chi connectivity index (χ4v) is 2.03. The molecule has 1 N–H and O–H groups in total. The second-order valence-corrected chi connectivity index (χ2v) is 10.2. The minimum atomic E-state index is -1.34. The van der Waals surface area contributed by atoms with Crippen molar-refractivity contribution < 1.29 is 9.90 Å². The fraction of sp³-hybridized carbons (Fsp3) is 0.400. The van der Waals surface area contributed by atoms with Crippen LogP contribution in [0, 0.1) is 11.5 Å². The molecule has 0 aliphatic heterocycles. The van der Waals surface area contributed by atoms with Gasteiger partial charge in [-0.2, -0.15) is 0 Å². The molecular weight excluding hydrogens is 240 g/mol. The van der Waals surface area contributed by atoms with Crippen molar-refractivity contribution in [3.05, 3.63) is 35.4 Å². The lowest BCUT2D eigenvalue weighted by molar-refractivity contribution is -0.137. The van der Waals surface area contributed by atoms with E-state index in [9.17, 15) is 4.79 Å². The van der Waals surface area contributed by atoms with Crippen LogP contribution in [0.1, 0.15) is 24.0 Å². The number of aryl methyl sites for hydroxylation is 1. The van der Waals surface area contributed by atoms with Gasteiger partial charge in [0.2, 0.25) is 0 Å². The van der Waals surface area contributed by atoms with Crippen LogP contribution < -0.4 is 0 Å². The van der Waals surface area contributed by atoms with Gasteiger partial charge in [0.05, 0.1) is 0 Å². The molecule has 0 fully saturated rings. The second-order valence-electron chi connectivity index (χ2n) is 5.45. The van der Waals surface area contributed by atoms with Gasteiger partial charge in [-0.05, 0) is 30.5 Å². The Labute approximate surface area is 110 Å². The quantitative estimate of drug-likeness (QED) is 0.666. The topological polar surface area (TPSA) is 37.3 Å². The van der Waals surface area contributed by atoms with Gasteiger partial charge in [0.15, 0.2) is 0 Å². The molecule has 0 spiro atoms. The molecule has 96 valence electrons. The Morgan fingerprint density at radius 1 is 1.33 bits per heavy atom. The molecule has 0 atom stereocenters. The zero-order chi connectivity index (χ0) is 13.6.